The number of carboxylic acid groups (broad SMARTS) is 1. The number of ether oxygens (including phenoxy) is 1. The Hall–Kier alpha value is -3.19. The molecule has 0 saturated carbocycles. The lowest BCUT2D eigenvalue weighted by atomic mass is 10.0. The Morgan fingerprint density at radius 3 is 2.70 bits per heavy atom. The number of carboxylic acids is 1. The fourth-order valence-electron chi connectivity index (χ4n) is 2.87. The van der Waals surface area contributed by atoms with Gasteiger partial charge in [0.25, 0.3) is 0 Å². The van der Waals surface area contributed by atoms with E-state index in [-0.39, 0.29) is 17.9 Å². The molecule has 0 radical (unpaired) electrons. The molecule has 7 heteroatoms. The lowest BCUT2D eigenvalue weighted by molar-refractivity contribution is -0.120. The molecule has 0 spiro atoms. The first-order chi connectivity index (χ1) is 14.4. The van der Waals surface area contributed by atoms with E-state index in [1.807, 2.05) is 24.3 Å². The minimum atomic E-state index is -1.04. The number of hydrogen-bond donors (Lipinski definition) is 2. The van der Waals surface area contributed by atoms with Gasteiger partial charge in [-0.3, -0.25) is 4.79 Å². The van der Waals surface area contributed by atoms with Crippen LogP contribution in [0.5, 0.6) is 5.75 Å². The topological polar surface area (TPSA) is 88.5 Å². The highest BCUT2D eigenvalue weighted by Gasteiger charge is 2.12. The normalized spacial score (nSPS) is 10.8. The second kappa shape index (κ2) is 10.0. The van der Waals surface area contributed by atoms with Gasteiger partial charge in [-0.05, 0) is 35.2 Å². The van der Waals surface area contributed by atoms with Crippen molar-refractivity contribution in [3.05, 3.63) is 81.3 Å². The molecule has 6 nitrogen and oxygen atoms in total. The number of hydrogen-bond acceptors (Lipinski definition) is 5. The summed E-state index contributed by atoms with van der Waals surface area (Å²) in [5.41, 5.74) is 2.60. The third-order valence-corrected chi connectivity index (χ3v) is 5.35. The monoisotopic (exact) mass is 424 g/mol. The fourth-order valence-corrected chi connectivity index (χ4v) is 3.73. The lowest BCUT2D eigenvalue weighted by Crippen LogP contribution is -2.25. The van der Waals surface area contributed by atoms with Crippen LogP contribution in [0.15, 0.2) is 53.9 Å². The maximum absolute atomic E-state index is 12.3. The molecular formula is C23H24N2O4S. The molecule has 0 atom stereocenters. The zero-order valence-electron chi connectivity index (χ0n) is 16.9. The van der Waals surface area contributed by atoms with E-state index >= 15 is 0 Å². The second-order valence-electron chi connectivity index (χ2n) is 7.17. The van der Waals surface area contributed by atoms with Crippen molar-refractivity contribution in [2.75, 3.05) is 0 Å². The molecule has 0 saturated heterocycles. The van der Waals surface area contributed by atoms with Gasteiger partial charge in [0, 0.05) is 11.9 Å². The van der Waals surface area contributed by atoms with Crippen LogP contribution in [0.4, 0.5) is 0 Å². The van der Waals surface area contributed by atoms with Gasteiger partial charge >= 0.3 is 5.97 Å². The SMILES string of the molecule is CC(C)c1csc(COc2cccc(CNC(=O)Cc3ccccc3C(=O)O)c2)n1. The van der Waals surface area contributed by atoms with Crippen LogP contribution in [0.25, 0.3) is 0 Å². The van der Waals surface area contributed by atoms with Crippen molar-refractivity contribution < 1.29 is 19.4 Å². The molecule has 0 bridgehead atoms. The van der Waals surface area contributed by atoms with E-state index in [4.69, 9.17) is 4.74 Å². The first kappa shape index (κ1) is 21.5. The lowest BCUT2D eigenvalue weighted by Gasteiger charge is -2.09. The van der Waals surface area contributed by atoms with E-state index < -0.39 is 5.97 Å². The Morgan fingerprint density at radius 2 is 1.97 bits per heavy atom. The zero-order valence-corrected chi connectivity index (χ0v) is 17.7. The van der Waals surface area contributed by atoms with Crippen molar-refractivity contribution in [2.45, 2.75) is 39.3 Å². The van der Waals surface area contributed by atoms with Crippen molar-refractivity contribution >= 4 is 23.2 Å². The average molecular weight is 425 g/mol. The number of carbonyl (C=O) groups excluding carboxylic acids is 1. The quantitative estimate of drug-likeness (QED) is 0.531. The highest BCUT2D eigenvalue weighted by Crippen LogP contribution is 2.20. The highest BCUT2D eigenvalue weighted by atomic mass is 32.1. The predicted molar refractivity (Wildman–Crippen MR) is 116 cm³/mol. The van der Waals surface area contributed by atoms with Gasteiger partial charge in [0.1, 0.15) is 17.4 Å². The number of carbonyl (C=O) groups is 2. The van der Waals surface area contributed by atoms with Crippen LogP contribution >= 0.6 is 11.3 Å². The fraction of sp³-hybridized carbons (Fsp3) is 0.261. The van der Waals surface area contributed by atoms with Crippen molar-refractivity contribution in [2.24, 2.45) is 0 Å². The molecule has 30 heavy (non-hydrogen) atoms. The zero-order chi connectivity index (χ0) is 21.5. The number of nitrogens with zero attached hydrogens (tertiary/aromatic N) is 1. The molecule has 3 aromatic rings. The Bertz CT molecular complexity index is 1030. The number of rotatable bonds is 9. The molecule has 0 aliphatic rings. The largest absolute Gasteiger partial charge is 0.486 e. The number of amides is 1. The van der Waals surface area contributed by atoms with Crippen LogP contribution in [0.2, 0.25) is 0 Å². The van der Waals surface area contributed by atoms with Gasteiger partial charge in [-0.25, -0.2) is 9.78 Å². The maximum atomic E-state index is 12.3. The summed E-state index contributed by atoms with van der Waals surface area (Å²) in [6.07, 6.45) is 0.0148. The Morgan fingerprint density at radius 1 is 1.17 bits per heavy atom. The van der Waals surface area contributed by atoms with Crippen molar-refractivity contribution in [1.82, 2.24) is 10.3 Å². The predicted octanol–water partition coefficient (Wildman–Crippen LogP) is 4.40. The summed E-state index contributed by atoms with van der Waals surface area (Å²) in [4.78, 5) is 28.1. The molecule has 1 heterocycles. The van der Waals surface area contributed by atoms with Crippen molar-refractivity contribution in [1.29, 1.82) is 0 Å². The molecule has 0 fully saturated rings. The summed E-state index contributed by atoms with van der Waals surface area (Å²) in [7, 11) is 0. The molecule has 156 valence electrons. The number of aromatic nitrogens is 1. The molecule has 3 rings (SSSR count). The summed E-state index contributed by atoms with van der Waals surface area (Å²) < 4.78 is 5.84. The molecule has 0 aliphatic heterocycles. The minimum Gasteiger partial charge on any atom is -0.486 e. The number of thiazole rings is 1. The second-order valence-corrected chi connectivity index (χ2v) is 8.12. The van der Waals surface area contributed by atoms with Crippen molar-refractivity contribution in [3.63, 3.8) is 0 Å². The third-order valence-electron chi connectivity index (χ3n) is 4.51. The maximum Gasteiger partial charge on any atom is 0.335 e. The first-order valence-electron chi connectivity index (χ1n) is 9.66. The van der Waals surface area contributed by atoms with E-state index in [0.717, 1.165) is 16.3 Å². The van der Waals surface area contributed by atoms with Crippen LogP contribution in [0, 0.1) is 0 Å². The Labute approximate surface area is 179 Å². The van der Waals surface area contributed by atoms with Crippen LogP contribution in [-0.2, 0) is 24.4 Å². The van der Waals surface area contributed by atoms with Gasteiger partial charge < -0.3 is 15.2 Å². The minimum absolute atomic E-state index is 0.0148. The van der Waals surface area contributed by atoms with E-state index in [2.05, 4.69) is 29.5 Å². The van der Waals surface area contributed by atoms with Crippen LogP contribution < -0.4 is 10.1 Å². The summed E-state index contributed by atoms with van der Waals surface area (Å²) in [6, 6.07) is 14.0. The summed E-state index contributed by atoms with van der Waals surface area (Å²) >= 11 is 1.58. The molecule has 1 amide bonds. The standard InChI is InChI=1S/C23H24N2O4S/c1-15(2)20-14-30-22(25-20)13-29-18-8-5-6-16(10-18)12-24-21(26)11-17-7-3-4-9-19(17)23(27)28/h3-10,14-15H,11-13H2,1-2H3,(H,24,26)(H,27,28). The van der Waals surface area contributed by atoms with E-state index in [1.54, 1.807) is 29.5 Å². The summed E-state index contributed by atoms with van der Waals surface area (Å²) in [5, 5.41) is 15.0. The molecular weight excluding hydrogens is 400 g/mol. The van der Waals surface area contributed by atoms with Gasteiger partial charge in [0.05, 0.1) is 17.7 Å². The van der Waals surface area contributed by atoms with Gasteiger partial charge in [0.2, 0.25) is 5.91 Å². The molecule has 0 unspecified atom stereocenters. The summed E-state index contributed by atoms with van der Waals surface area (Å²) in [6.45, 7) is 4.95. The van der Waals surface area contributed by atoms with Gasteiger partial charge in [-0.15, -0.1) is 11.3 Å². The Kier molecular flexibility index (Phi) is 7.19. The number of nitrogens with one attached hydrogen (secondary N) is 1. The molecule has 0 aliphatic carbocycles. The van der Waals surface area contributed by atoms with Crippen LogP contribution in [0.1, 0.15) is 52.0 Å². The van der Waals surface area contributed by atoms with Crippen molar-refractivity contribution in [3.8, 4) is 5.75 Å². The molecule has 2 aromatic carbocycles. The number of benzene rings is 2. The van der Waals surface area contributed by atoms with E-state index in [0.29, 0.717) is 30.4 Å². The molecule has 1 aromatic heterocycles. The van der Waals surface area contributed by atoms with E-state index in [9.17, 15) is 14.7 Å². The van der Waals surface area contributed by atoms with E-state index in [1.165, 1.54) is 6.07 Å². The third kappa shape index (κ3) is 5.90. The highest BCUT2D eigenvalue weighted by molar-refractivity contribution is 7.09. The van der Waals surface area contributed by atoms with Crippen LogP contribution in [-0.4, -0.2) is 22.0 Å². The van der Waals surface area contributed by atoms with Gasteiger partial charge in [-0.1, -0.05) is 44.2 Å². The van der Waals surface area contributed by atoms with Crippen LogP contribution in [0.3, 0.4) is 0 Å². The Balaban J connectivity index is 1.53. The first-order valence-corrected chi connectivity index (χ1v) is 10.5. The summed E-state index contributed by atoms with van der Waals surface area (Å²) in [5.74, 6) is -0.174. The molecule has 2 N–H and O–H groups in total. The number of aromatic carboxylic acids is 1. The average Bonchev–Trinajstić information content (AvgIpc) is 3.21. The smallest absolute Gasteiger partial charge is 0.335 e. The van der Waals surface area contributed by atoms with Gasteiger partial charge in [0.15, 0.2) is 0 Å². The van der Waals surface area contributed by atoms with Gasteiger partial charge in [-0.2, -0.15) is 0 Å².